The van der Waals surface area contributed by atoms with Crippen LogP contribution in [-0.2, 0) is 6.42 Å². The van der Waals surface area contributed by atoms with Crippen molar-refractivity contribution in [3.8, 4) is 6.01 Å². The van der Waals surface area contributed by atoms with E-state index in [0.717, 1.165) is 12.0 Å². The van der Waals surface area contributed by atoms with E-state index in [1.54, 1.807) is 0 Å². The molecule has 0 fully saturated rings. The lowest BCUT2D eigenvalue weighted by Gasteiger charge is -2.20. The number of rotatable bonds is 6. The number of benzene rings is 1. The monoisotopic (exact) mass is 354 g/mol. The van der Waals surface area contributed by atoms with Crippen molar-refractivity contribution in [1.82, 2.24) is 9.97 Å². The number of H-pyrrole nitrogens is 1. The molecule has 1 N–H and O–H groups in total. The maximum Gasteiger partial charge on any atom is 0.337 e. The van der Waals surface area contributed by atoms with Gasteiger partial charge >= 0.3 is 5.63 Å². The summed E-state index contributed by atoms with van der Waals surface area (Å²) in [5.74, 6) is 0.386. The predicted octanol–water partition coefficient (Wildman–Crippen LogP) is 3.60. The third kappa shape index (κ3) is 3.85. The fourth-order valence-electron chi connectivity index (χ4n) is 2.95. The van der Waals surface area contributed by atoms with Gasteiger partial charge in [0.1, 0.15) is 11.5 Å². The largest absolute Gasteiger partial charge is 0.456 e. The van der Waals surface area contributed by atoms with Crippen LogP contribution in [0.15, 0.2) is 50.4 Å². The molecule has 6 nitrogen and oxygen atoms in total. The first-order chi connectivity index (χ1) is 12.5. The molecular formula is C20H22N2O4. The fourth-order valence-corrected chi connectivity index (χ4v) is 2.95. The number of fused-ring (bicyclic) bond motifs is 1. The lowest BCUT2D eigenvalue weighted by atomic mass is 9.99. The number of aryl methyl sites for hydroxylation is 1. The van der Waals surface area contributed by atoms with Gasteiger partial charge in [0.15, 0.2) is 0 Å². The summed E-state index contributed by atoms with van der Waals surface area (Å²) in [5.41, 5.74) is 0.706. The Labute approximate surface area is 150 Å². The van der Waals surface area contributed by atoms with Crippen LogP contribution in [0.4, 0.5) is 0 Å². The highest BCUT2D eigenvalue weighted by molar-refractivity contribution is 5.75. The highest BCUT2D eigenvalue weighted by Crippen LogP contribution is 2.26. The lowest BCUT2D eigenvalue weighted by molar-refractivity contribution is 0.162. The van der Waals surface area contributed by atoms with Crippen LogP contribution in [0, 0.1) is 5.92 Å². The summed E-state index contributed by atoms with van der Waals surface area (Å²) in [4.78, 5) is 31.1. The molecule has 0 amide bonds. The van der Waals surface area contributed by atoms with Crippen LogP contribution in [0.1, 0.15) is 44.4 Å². The van der Waals surface area contributed by atoms with E-state index in [1.165, 1.54) is 6.07 Å². The number of ether oxygens (including phenoxy) is 1. The summed E-state index contributed by atoms with van der Waals surface area (Å²) in [6.07, 6.45) is 1.02. The summed E-state index contributed by atoms with van der Waals surface area (Å²) in [7, 11) is 0. The van der Waals surface area contributed by atoms with Crippen molar-refractivity contribution < 1.29 is 9.15 Å². The second-order valence-electron chi connectivity index (χ2n) is 6.64. The first-order valence-corrected chi connectivity index (χ1v) is 8.76. The average molecular weight is 354 g/mol. The Balaban J connectivity index is 2.04. The van der Waals surface area contributed by atoms with Crippen LogP contribution >= 0.6 is 0 Å². The molecule has 136 valence electrons. The zero-order valence-corrected chi connectivity index (χ0v) is 15.1. The SMILES string of the molecule is CCc1cc(=O)oc2nc(OC(CC(C)C)c3ccccc3)[nH]c(=O)c12. The summed E-state index contributed by atoms with van der Waals surface area (Å²) >= 11 is 0. The summed E-state index contributed by atoms with van der Waals surface area (Å²) < 4.78 is 11.1. The Morgan fingerprint density at radius 2 is 1.92 bits per heavy atom. The predicted molar refractivity (Wildman–Crippen MR) is 99.5 cm³/mol. The molecule has 6 heteroatoms. The molecule has 3 aromatic rings. The average Bonchev–Trinajstić information content (AvgIpc) is 2.60. The summed E-state index contributed by atoms with van der Waals surface area (Å²) in [6.45, 7) is 6.07. The van der Waals surface area contributed by atoms with Gasteiger partial charge in [-0.1, -0.05) is 51.1 Å². The third-order valence-corrected chi connectivity index (χ3v) is 4.17. The second kappa shape index (κ2) is 7.56. The maximum absolute atomic E-state index is 12.5. The Morgan fingerprint density at radius 3 is 2.58 bits per heavy atom. The van der Waals surface area contributed by atoms with Gasteiger partial charge in [0.05, 0.1) is 0 Å². The van der Waals surface area contributed by atoms with Gasteiger partial charge in [-0.3, -0.25) is 9.78 Å². The van der Waals surface area contributed by atoms with E-state index >= 15 is 0 Å². The van der Waals surface area contributed by atoms with Crippen LogP contribution in [0.5, 0.6) is 6.01 Å². The smallest absolute Gasteiger partial charge is 0.337 e. The number of hydrogen-bond acceptors (Lipinski definition) is 5. The van der Waals surface area contributed by atoms with Crippen molar-refractivity contribution in [2.75, 3.05) is 0 Å². The first kappa shape index (κ1) is 17.9. The zero-order chi connectivity index (χ0) is 18.7. The van der Waals surface area contributed by atoms with Crippen molar-refractivity contribution in [3.63, 3.8) is 0 Å². The van der Waals surface area contributed by atoms with Crippen molar-refractivity contribution in [1.29, 1.82) is 0 Å². The number of hydrogen-bond donors (Lipinski definition) is 1. The molecule has 0 aliphatic heterocycles. The number of aromatic amines is 1. The van der Waals surface area contributed by atoms with E-state index in [9.17, 15) is 9.59 Å². The molecule has 0 aliphatic rings. The molecule has 26 heavy (non-hydrogen) atoms. The van der Waals surface area contributed by atoms with E-state index in [0.29, 0.717) is 23.3 Å². The zero-order valence-electron chi connectivity index (χ0n) is 15.1. The highest BCUT2D eigenvalue weighted by Gasteiger charge is 2.18. The van der Waals surface area contributed by atoms with Gasteiger partial charge in [0.25, 0.3) is 11.6 Å². The molecule has 1 atom stereocenters. The highest BCUT2D eigenvalue weighted by atomic mass is 16.5. The minimum atomic E-state index is -0.528. The topological polar surface area (TPSA) is 85.2 Å². The van der Waals surface area contributed by atoms with Gasteiger partial charge in [0, 0.05) is 6.07 Å². The van der Waals surface area contributed by atoms with E-state index in [4.69, 9.17) is 9.15 Å². The summed E-state index contributed by atoms with van der Waals surface area (Å²) in [6, 6.07) is 11.1. The molecule has 1 unspecified atom stereocenters. The van der Waals surface area contributed by atoms with Crippen LogP contribution < -0.4 is 15.9 Å². The van der Waals surface area contributed by atoms with Crippen LogP contribution in [0.25, 0.3) is 11.1 Å². The summed E-state index contributed by atoms with van der Waals surface area (Å²) in [5, 5.41) is 0.291. The van der Waals surface area contributed by atoms with Gasteiger partial charge in [-0.25, -0.2) is 4.79 Å². The third-order valence-electron chi connectivity index (χ3n) is 4.17. The molecule has 3 rings (SSSR count). The molecule has 0 radical (unpaired) electrons. The van der Waals surface area contributed by atoms with Crippen LogP contribution in [0.2, 0.25) is 0 Å². The Kier molecular flexibility index (Phi) is 5.21. The molecule has 0 bridgehead atoms. The van der Waals surface area contributed by atoms with Gasteiger partial charge in [-0.05, 0) is 29.9 Å². The van der Waals surface area contributed by atoms with Gasteiger partial charge in [-0.2, -0.15) is 4.98 Å². The van der Waals surface area contributed by atoms with E-state index in [-0.39, 0.29) is 23.4 Å². The maximum atomic E-state index is 12.5. The van der Waals surface area contributed by atoms with Crippen LogP contribution in [0.3, 0.4) is 0 Å². The molecule has 2 heterocycles. The normalized spacial score (nSPS) is 12.5. The Morgan fingerprint density at radius 1 is 1.19 bits per heavy atom. The lowest BCUT2D eigenvalue weighted by Crippen LogP contribution is -2.18. The van der Waals surface area contributed by atoms with Gasteiger partial charge in [0.2, 0.25) is 5.71 Å². The van der Waals surface area contributed by atoms with Crippen molar-refractivity contribution in [2.24, 2.45) is 5.92 Å². The Bertz CT molecular complexity index is 1010. The van der Waals surface area contributed by atoms with Crippen molar-refractivity contribution in [3.05, 3.63) is 68.3 Å². The number of nitrogens with zero attached hydrogens (tertiary/aromatic N) is 1. The van der Waals surface area contributed by atoms with Crippen molar-refractivity contribution >= 4 is 11.1 Å². The van der Waals surface area contributed by atoms with E-state index in [1.807, 2.05) is 37.3 Å². The van der Waals surface area contributed by atoms with Gasteiger partial charge < -0.3 is 9.15 Å². The van der Waals surface area contributed by atoms with E-state index < -0.39 is 5.63 Å². The molecule has 0 spiro atoms. The molecule has 0 saturated carbocycles. The Hall–Kier alpha value is -2.89. The molecule has 0 saturated heterocycles. The van der Waals surface area contributed by atoms with Crippen LogP contribution in [-0.4, -0.2) is 9.97 Å². The minimum Gasteiger partial charge on any atom is -0.456 e. The second-order valence-corrected chi connectivity index (χ2v) is 6.64. The molecule has 1 aromatic carbocycles. The number of nitrogens with one attached hydrogen (secondary N) is 1. The van der Waals surface area contributed by atoms with Crippen molar-refractivity contribution in [2.45, 2.75) is 39.7 Å². The first-order valence-electron chi connectivity index (χ1n) is 8.76. The van der Waals surface area contributed by atoms with E-state index in [2.05, 4.69) is 23.8 Å². The molecule has 2 aromatic heterocycles. The quantitative estimate of drug-likeness (QED) is 0.731. The molecular weight excluding hydrogens is 332 g/mol. The molecule has 0 aliphatic carbocycles. The standard InChI is InChI=1S/C20H22N2O4/c1-4-13-11-16(23)26-19-17(13)18(24)21-20(22-19)25-15(10-12(2)3)14-8-6-5-7-9-14/h5-9,11-12,15H,4,10H2,1-3H3,(H,21,22,24). The minimum absolute atomic E-state index is 0.00413. The number of aromatic nitrogens is 2. The van der Waals surface area contributed by atoms with Gasteiger partial charge in [-0.15, -0.1) is 0 Å². The fraction of sp³-hybridized carbons (Fsp3) is 0.350.